The molecule has 0 amide bonds. The van der Waals surface area contributed by atoms with Gasteiger partial charge in [0.25, 0.3) is 0 Å². The first-order valence-electron chi connectivity index (χ1n) is 11.2. The minimum absolute atomic E-state index is 0.0311. The van der Waals surface area contributed by atoms with Gasteiger partial charge in [0, 0.05) is 35.0 Å². The Morgan fingerprint density at radius 2 is 2.12 bits per heavy atom. The van der Waals surface area contributed by atoms with Crippen LogP contribution in [-0.4, -0.2) is 46.5 Å². The van der Waals surface area contributed by atoms with Gasteiger partial charge in [-0.3, -0.25) is 0 Å². The van der Waals surface area contributed by atoms with Crippen molar-refractivity contribution in [1.82, 2.24) is 10.0 Å². The molecule has 4 rings (SSSR count). The molecule has 2 heterocycles. The van der Waals surface area contributed by atoms with Crippen LogP contribution in [-0.2, 0) is 14.8 Å². The van der Waals surface area contributed by atoms with E-state index in [1.165, 1.54) is 6.07 Å². The van der Waals surface area contributed by atoms with Crippen LogP contribution in [0.2, 0.25) is 5.02 Å². The van der Waals surface area contributed by atoms with E-state index in [9.17, 15) is 12.8 Å². The lowest BCUT2D eigenvalue weighted by Gasteiger charge is -2.47. The van der Waals surface area contributed by atoms with Crippen molar-refractivity contribution in [1.29, 1.82) is 0 Å². The fourth-order valence-corrected chi connectivity index (χ4v) is 6.32. The predicted molar refractivity (Wildman–Crippen MR) is 126 cm³/mol. The number of sulfonamides is 1. The van der Waals surface area contributed by atoms with E-state index in [4.69, 9.17) is 16.3 Å². The highest BCUT2D eigenvalue weighted by Crippen LogP contribution is 2.49. The Bertz CT molecular complexity index is 985. The molecular weight excluding hydrogens is 453 g/mol. The summed E-state index contributed by atoms with van der Waals surface area (Å²) in [4.78, 5) is 0. The highest BCUT2D eigenvalue weighted by Gasteiger charge is 2.44. The molecule has 176 valence electrons. The summed E-state index contributed by atoms with van der Waals surface area (Å²) in [5.74, 6) is 0.0675. The van der Waals surface area contributed by atoms with Gasteiger partial charge in [-0.1, -0.05) is 35.9 Å². The third-order valence-corrected chi connectivity index (χ3v) is 8.21. The van der Waals surface area contributed by atoms with E-state index in [-0.39, 0.29) is 48.2 Å². The zero-order chi connectivity index (χ0) is 22.7. The number of ether oxygens (including phenoxy) is 1. The van der Waals surface area contributed by atoms with Gasteiger partial charge in [0.1, 0.15) is 5.82 Å². The topological polar surface area (TPSA) is 79.5 Å². The number of nitrogens with one attached hydrogen (secondary N) is 3. The van der Waals surface area contributed by atoms with Crippen molar-refractivity contribution in [3.63, 3.8) is 0 Å². The molecule has 9 heteroatoms. The van der Waals surface area contributed by atoms with Crippen LogP contribution in [0.15, 0.2) is 36.4 Å². The third-order valence-electron chi connectivity index (χ3n) is 6.56. The highest BCUT2D eigenvalue weighted by molar-refractivity contribution is 7.89. The van der Waals surface area contributed by atoms with E-state index >= 15 is 0 Å². The average Bonchev–Trinajstić information content (AvgIpc) is 2.78. The fourth-order valence-electron chi connectivity index (χ4n) is 4.99. The highest BCUT2D eigenvalue weighted by atomic mass is 35.5. The molecule has 0 spiro atoms. The van der Waals surface area contributed by atoms with Gasteiger partial charge in [-0.15, -0.1) is 0 Å². The molecule has 3 N–H and O–H groups in total. The first kappa shape index (κ1) is 23.7. The summed E-state index contributed by atoms with van der Waals surface area (Å²) in [7, 11) is -1.57. The minimum atomic E-state index is -3.36. The summed E-state index contributed by atoms with van der Waals surface area (Å²) in [5, 5.41) is 6.73. The first-order valence-corrected chi connectivity index (χ1v) is 13.3. The molecule has 0 saturated carbocycles. The van der Waals surface area contributed by atoms with Crippen LogP contribution in [0.25, 0.3) is 0 Å². The zero-order valence-corrected chi connectivity index (χ0v) is 19.8. The molecule has 1 fully saturated rings. The van der Waals surface area contributed by atoms with Gasteiger partial charge in [-0.05, 0) is 51.4 Å². The molecule has 2 aliphatic heterocycles. The average molecular weight is 484 g/mol. The number of fused-ring (bicyclic) bond motifs is 3. The molecule has 0 aromatic heterocycles. The maximum absolute atomic E-state index is 14.8. The van der Waals surface area contributed by atoms with Crippen LogP contribution < -0.4 is 15.4 Å². The fraction of sp³-hybridized carbons (Fsp3) is 0.565. The molecule has 32 heavy (non-hydrogen) atoms. The minimum Gasteiger partial charge on any atom is -0.379 e. The maximum Gasteiger partial charge on any atom is 0.211 e. The second-order valence-electron chi connectivity index (χ2n) is 8.78. The summed E-state index contributed by atoms with van der Waals surface area (Å²) in [5.41, 5.74) is 1.16. The Kier molecular flexibility index (Phi) is 7.57. The van der Waals surface area contributed by atoms with Gasteiger partial charge in [0.15, 0.2) is 0 Å². The lowest BCUT2D eigenvalue weighted by Crippen LogP contribution is -2.48. The summed E-state index contributed by atoms with van der Waals surface area (Å²) in [6.07, 6.45) is 10.8. The number of benzene rings is 1. The van der Waals surface area contributed by atoms with Gasteiger partial charge >= 0.3 is 0 Å². The third kappa shape index (κ3) is 5.37. The molecule has 0 radical (unpaired) electrons. The van der Waals surface area contributed by atoms with E-state index in [1.807, 2.05) is 12.2 Å². The lowest BCUT2D eigenvalue weighted by atomic mass is 9.73. The number of hydrogen-bond acceptors (Lipinski definition) is 5. The monoisotopic (exact) mass is 483 g/mol. The molecule has 1 unspecified atom stereocenters. The largest absolute Gasteiger partial charge is 0.379 e. The quantitative estimate of drug-likeness (QED) is 0.490. The van der Waals surface area contributed by atoms with Gasteiger partial charge in [0.2, 0.25) is 10.0 Å². The molecular formula is C23H31ClFN3O3S. The molecule has 3 aliphatic rings. The molecule has 0 bridgehead atoms. The standard InChI is InChI=1S/C23H31ClFN3O3S/c1-26-10-5-11-32(29,30)27-14-17-8-9-18-21(15-6-3-2-4-7-15)28-22-19(23(18)31-17)12-16(24)13-20(22)25/h2-4,6,12-13,15,17-18,21,23,26-28H,5,7-11,14H2,1H3/t15?,17-,18+,21+,23+/m1/s1. The normalized spacial score (nSPS) is 29.3. The SMILES string of the molecule is CNCCCS(=O)(=O)NC[C@H]1CC[C@@H]2[C@H](O1)c1cc(Cl)cc(F)c1N[C@H]2C1C=CC=CC1. The Morgan fingerprint density at radius 1 is 1.28 bits per heavy atom. The Morgan fingerprint density at radius 3 is 2.88 bits per heavy atom. The number of halogens is 2. The van der Waals surface area contributed by atoms with Crippen LogP contribution in [0.5, 0.6) is 0 Å². The van der Waals surface area contributed by atoms with E-state index in [2.05, 4.69) is 27.5 Å². The van der Waals surface area contributed by atoms with Crippen molar-refractivity contribution in [2.45, 2.75) is 43.9 Å². The summed E-state index contributed by atoms with van der Waals surface area (Å²) < 4.78 is 48.5. The van der Waals surface area contributed by atoms with Crippen LogP contribution in [0, 0.1) is 17.7 Å². The lowest BCUT2D eigenvalue weighted by molar-refractivity contribution is -0.0925. The first-order chi connectivity index (χ1) is 15.4. The molecule has 1 aromatic rings. The van der Waals surface area contributed by atoms with Gasteiger partial charge in [-0.2, -0.15) is 0 Å². The van der Waals surface area contributed by atoms with Crippen molar-refractivity contribution < 1.29 is 17.5 Å². The smallest absolute Gasteiger partial charge is 0.211 e. The van der Waals surface area contributed by atoms with Crippen molar-refractivity contribution in [3.05, 3.63) is 52.8 Å². The molecule has 6 nitrogen and oxygen atoms in total. The second-order valence-corrected chi connectivity index (χ2v) is 11.1. The second kappa shape index (κ2) is 10.2. The maximum atomic E-state index is 14.8. The Balaban J connectivity index is 1.52. The van der Waals surface area contributed by atoms with Gasteiger partial charge < -0.3 is 15.4 Å². The molecule has 5 atom stereocenters. The summed E-state index contributed by atoms with van der Waals surface area (Å²) in [6, 6.07) is 3.12. The van der Waals surface area contributed by atoms with Crippen molar-refractivity contribution in [3.8, 4) is 0 Å². The van der Waals surface area contributed by atoms with E-state index < -0.39 is 10.0 Å². The summed E-state index contributed by atoms with van der Waals surface area (Å²) >= 11 is 6.18. The molecule has 1 saturated heterocycles. The van der Waals surface area contributed by atoms with Crippen LogP contribution in [0.3, 0.4) is 0 Å². The van der Waals surface area contributed by atoms with Gasteiger partial charge in [-0.25, -0.2) is 17.5 Å². The number of anilines is 1. The van der Waals surface area contributed by atoms with Crippen molar-refractivity contribution >= 4 is 27.3 Å². The molecule has 1 aliphatic carbocycles. The van der Waals surface area contributed by atoms with E-state index in [1.54, 1.807) is 13.1 Å². The number of rotatable bonds is 8. The van der Waals surface area contributed by atoms with Crippen molar-refractivity contribution in [2.24, 2.45) is 11.8 Å². The van der Waals surface area contributed by atoms with Gasteiger partial charge in [0.05, 0.1) is 23.6 Å². The zero-order valence-electron chi connectivity index (χ0n) is 18.2. The van der Waals surface area contributed by atoms with Crippen LogP contribution in [0.4, 0.5) is 10.1 Å². The Hall–Kier alpha value is -1.45. The van der Waals surface area contributed by atoms with Crippen LogP contribution >= 0.6 is 11.6 Å². The van der Waals surface area contributed by atoms with E-state index in [0.29, 0.717) is 29.2 Å². The number of allylic oxidation sites excluding steroid dienone is 3. The Labute approximate surface area is 194 Å². The molecule has 1 aromatic carbocycles. The predicted octanol–water partition coefficient (Wildman–Crippen LogP) is 3.77. The summed E-state index contributed by atoms with van der Waals surface area (Å²) in [6.45, 7) is 0.862. The van der Waals surface area contributed by atoms with E-state index in [0.717, 1.165) is 19.3 Å². The number of hydrogen-bond donors (Lipinski definition) is 3. The van der Waals surface area contributed by atoms with Crippen molar-refractivity contribution in [2.75, 3.05) is 31.2 Å². The van der Waals surface area contributed by atoms with Crippen LogP contribution in [0.1, 0.15) is 37.4 Å².